The maximum Gasteiger partial charge on any atom is 0.253 e. The number of amides is 1. The summed E-state index contributed by atoms with van der Waals surface area (Å²) in [6.45, 7) is 7.61. The van der Waals surface area contributed by atoms with Crippen LogP contribution in [0, 0.1) is 13.8 Å². The van der Waals surface area contributed by atoms with Crippen molar-refractivity contribution in [1.82, 2.24) is 14.8 Å². The number of carbonyl (C=O) groups is 1. The second-order valence-corrected chi connectivity index (χ2v) is 7.74. The molecule has 2 aromatic rings. The fraction of sp³-hybridized carbons (Fsp3) is 0.500. The van der Waals surface area contributed by atoms with Gasteiger partial charge >= 0.3 is 0 Å². The fourth-order valence-electron chi connectivity index (χ4n) is 4.50. The van der Waals surface area contributed by atoms with Crippen LogP contribution in [-0.4, -0.2) is 53.8 Å². The van der Waals surface area contributed by atoms with E-state index in [1.54, 1.807) is 0 Å². The molecule has 2 saturated heterocycles. The SMILES string of the molecule is Cc1cc(C(=O)N[C@H]2COC[C@@H]2N2CCCCC2)c(C)n1-c1ccccc1. The third-order valence-corrected chi connectivity index (χ3v) is 5.92. The number of aryl methyl sites for hydroxylation is 1. The molecule has 1 aromatic carbocycles. The molecule has 0 bridgehead atoms. The Morgan fingerprint density at radius 3 is 2.56 bits per heavy atom. The zero-order valence-electron chi connectivity index (χ0n) is 16.3. The molecule has 3 heterocycles. The van der Waals surface area contributed by atoms with E-state index in [2.05, 4.69) is 26.9 Å². The van der Waals surface area contributed by atoms with Gasteiger partial charge in [-0.15, -0.1) is 0 Å². The summed E-state index contributed by atoms with van der Waals surface area (Å²) < 4.78 is 7.87. The van der Waals surface area contributed by atoms with E-state index < -0.39 is 0 Å². The van der Waals surface area contributed by atoms with E-state index in [1.165, 1.54) is 19.3 Å². The van der Waals surface area contributed by atoms with Crippen LogP contribution in [0.4, 0.5) is 0 Å². The number of benzene rings is 1. The molecule has 0 saturated carbocycles. The monoisotopic (exact) mass is 367 g/mol. The van der Waals surface area contributed by atoms with Gasteiger partial charge in [0.1, 0.15) is 0 Å². The molecule has 4 rings (SSSR count). The quantitative estimate of drug-likeness (QED) is 0.903. The van der Waals surface area contributed by atoms with E-state index in [4.69, 9.17) is 4.74 Å². The third kappa shape index (κ3) is 3.66. The van der Waals surface area contributed by atoms with Crippen LogP contribution >= 0.6 is 0 Å². The Bertz CT molecular complexity index is 793. The third-order valence-electron chi connectivity index (χ3n) is 5.92. The van der Waals surface area contributed by atoms with Crippen molar-refractivity contribution < 1.29 is 9.53 Å². The van der Waals surface area contributed by atoms with Crippen molar-refractivity contribution in [2.24, 2.45) is 0 Å². The number of ether oxygens (including phenoxy) is 1. The van der Waals surface area contributed by atoms with Crippen LogP contribution in [0.2, 0.25) is 0 Å². The van der Waals surface area contributed by atoms with Crippen LogP contribution in [0.3, 0.4) is 0 Å². The van der Waals surface area contributed by atoms with Gasteiger partial charge in [-0.3, -0.25) is 9.69 Å². The number of likely N-dealkylation sites (tertiary alicyclic amines) is 1. The smallest absolute Gasteiger partial charge is 0.253 e. The Balaban J connectivity index is 1.51. The van der Waals surface area contributed by atoms with E-state index in [9.17, 15) is 4.79 Å². The lowest BCUT2D eigenvalue weighted by Gasteiger charge is -2.34. The number of hydrogen-bond acceptors (Lipinski definition) is 3. The fourth-order valence-corrected chi connectivity index (χ4v) is 4.50. The molecule has 5 nitrogen and oxygen atoms in total. The normalized spacial score (nSPS) is 23.5. The van der Waals surface area contributed by atoms with Gasteiger partial charge in [0.25, 0.3) is 5.91 Å². The summed E-state index contributed by atoms with van der Waals surface area (Å²) >= 11 is 0. The second kappa shape index (κ2) is 7.87. The first-order chi connectivity index (χ1) is 13.1. The number of carbonyl (C=O) groups excluding carboxylic acids is 1. The Morgan fingerprint density at radius 1 is 1.07 bits per heavy atom. The number of aromatic nitrogens is 1. The minimum absolute atomic E-state index is 0.00258. The minimum atomic E-state index is 0.00258. The van der Waals surface area contributed by atoms with Crippen molar-refractivity contribution in [1.29, 1.82) is 0 Å². The summed E-state index contributed by atoms with van der Waals surface area (Å²) in [5, 5.41) is 3.26. The molecule has 5 heteroatoms. The van der Waals surface area contributed by atoms with E-state index in [1.807, 2.05) is 38.1 Å². The molecular weight excluding hydrogens is 338 g/mol. The molecule has 2 aliphatic heterocycles. The predicted molar refractivity (Wildman–Crippen MR) is 107 cm³/mol. The van der Waals surface area contributed by atoms with Gasteiger partial charge in [-0.05, 0) is 58.0 Å². The minimum Gasteiger partial charge on any atom is -0.378 e. The van der Waals surface area contributed by atoms with Crippen LogP contribution in [0.5, 0.6) is 0 Å². The molecule has 0 radical (unpaired) electrons. The van der Waals surface area contributed by atoms with Crippen molar-refractivity contribution >= 4 is 5.91 Å². The second-order valence-electron chi connectivity index (χ2n) is 7.74. The van der Waals surface area contributed by atoms with Crippen LogP contribution < -0.4 is 5.32 Å². The zero-order chi connectivity index (χ0) is 18.8. The van der Waals surface area contributed by atoms with Gasteiger partial charge in [0.15, 0.2) is 0 Å². The summed E-state index contributed by atoms with van der Waals surface area (Å²) in [6, 6.07) is 12.5. The number of para-hydroxylation sites is 1. The number of rotatable bonds is 4. The summed E-state index contributed by atoms with van der Waals surface area (Å²) in [7, 11) is 0. The molecule has 1 aromatic heterocycles. The zero-order valence-corrected chi connectivity index (χ0v) is 16.3. The first kappa shape index (κ1) is 18.3. The van der Waals surface area contributed by atoms with Gasteiger partial charge in [-0.1, -0.05) is 24.6 Å². The van der Waals surface area contributed by atoms with Crippen LogP contribution in [-0.2, 0) is 4.74 Å². The number of nitrogens with one attached hydrogen (secondary N) is 1. The highest BCUT2D eigenvalue weighted by atomic mass is 16.5. The Kier molecular flexibility index (Phi) is 5.32. The van der Waals surface area contributed by atoms with Gasteiger partial charge in [0.05, 0.1) is 30.9 Å². The predicted octanol–water partition coefficient (Wildman–Crippen LogP) is 3.08. The number of nitrogens with zero attached hydrogens (tertiary/aromatic N) is 2. The highest BCUT2D eigenvalue weighted by molar-refractivity contribution is 5.96. The molecule has 144 valence electrons. The highest BCUT2D eigenvalue weighted by Crippen LogP contribution is 2.22. The lowest BCUT2D eigenvalue weighted by atomic mass is 10.0. The molecule has 0 aliphatic carbocycles. The van der Waals surface area contributed by atoms with Gasteiger partial charge in [-0.2, -0.15) is 0 Å². The molecular formula is C22H29N3O2. The Morgan fingerprint density at radius 2 is 1.81 bits per heavy atom. The highest BCUT2D eigenvalue weighted by Gasteiger charge is 2.35. The Hall–Kier alpha value is -2.11. The number of piperidine rings is 1. The van der Waals surface area contributed by atoms with Crippen LogP contribution in [0.15, 0.2) is 36.4 Å². The van der Waals surface area contributed by atoms with Gasteiger partial charge in [-0.25, -0.2) is 0 Å². The average molecular weight is 367 g/mol. The molecule has 1 N–H and O–H groups in total. The lowest BCUT2D eigenvalue weighted by molar-refractivity contribution is 0.0899. The van der Waals surface area contributed by atoms with Crippen LogP contribution in [0.25, 0.3) is 5.69 Å². The van der Waals surface area contributed by atoms with Gasteiger partial charge < -0.3 is 14.6 Å². The average Bonchev–Trinajstić information content (AvgIpc) is 3.27. The summed E-state index contributed by atoms with van der Waals surface area (Å²) in [5.74, 6) is 0.00258. The molecule has 1 amide bonds. The molecule has 2 atom stereocenters. The number of hydrogen-bond donors (Lipinski definition) is 1. The summed E-state index contributed by atoms with van der Waals surface area (Å²) in [4.78, 5) is 15.5. The molecule has 2 fully saturated rings. The van der Waals surface area contributed by atoms with E-state index in [0.717, 1.165) is 35.7 Å². The molecule has 2 aliphatic rings. The maximum atomic E-state index is 13.0. The first-order valence-electron chi connectivity index (χ1n) is 10.0. The largest absolute Gasteiger partial charge is 0.378 e. The topological polar surface area (TPSA) is 46.5 Å². The first-order valence-corrected chi connectivity index (χ1v) is 10.0. The van der Waals surface area contributed by atoms with Crippen molar-refractivity contribution in [2.45, 2.75) is 45.2 Å². The van der Waals surface area contributed by atoms with Crippen LogP contribution in [0.1, 0.15) is 41.0 Å². The molecule has 0 spiro atoms. The van der Waals surface area contributed by atoms with Crippen molar-refractivity contribution in [3.63, 3.8) is 0 Å². The van der Waals surface area contributed by atoms with E-state index >= 15 is 0 Å². The summed E-state index contributed by atoms with van der Waals surface area (Å²) in [5.41, 5.74) is 3.88. The Labute approximate surface area is 161 Å². The maximum absolute atomic E-state index is 13.0. The van der Waals surface area contributed by atoms with Crippen molar-refractivity contribution in [2.75, 3.05) is 26.3 Å². The standard InChI is InChI=1S/C22H29N3O2/c1-16-13-19(17(2)25(16)18-9-5-3-6-10-18)22(26)23-20-14-27-15-21(20)24-11-7-4-8-12-24/h3,5-6,9-10,13,20-21H,4,7-8,11-12,14-15H2,1-2H3,(H,23,26)/t20-,21-/m0/s1. The summed E-state index contributed by atoms with van der Waals surface area (Å²) in [6.07, 6.45) is 3.80. The molecule has 27 heavy (non-hydrogen) atoms. The van der Waals surface area contributed by atoms with Gasteiger partial charge in [0, 0.05) is 17.1 Å². The van der Waals surface area contributed by atoms with Gasteiger partial charge in [0.2, 0.25) is 0 Å². The lowest BCUT2D eigenvalue weighted by Crippen LogP contribution is -2.52. The van der Waals surface area contributed by atoms with Crippen molar-refractivity contribution in [3.05, 3.63) is 53.3 Å². The van der Waals surface area contributed by atoms with E-state index in [0.29, 0.717) is 19.3 Å². The molecule has 0 unspecified atom stereocenters. The van der Waals surface area contributed by atoms with E-state index in [-0.39, 0.29) is 11.9 Å². The van der Waals surface area contributed by atoms with Crippen molar-refractivity contribution in [3.8, 4) is 5.69 Å².